The number of ether oxygens (including phenoxy) is 1. The first-order valence-corrected chi connectivity index (χ1v) is 3.55. The predicted molar refractivity (Wildman–Crippen MR) is 40.1 cm³/mol. The van der Waals surface area contributed by atoms with Gasteiger partial charge in [0, 0.05) is 0 Å². The van der Waals surface area contributed by atoms with Crippen LogP contribution in [-0.4, -0.2) is 30.2 Å². The summed E-state index contributed by atoms with van der Waals surface area (Å²) in [4.78, 5) is 0. The maximum Gasteiger partial charge on any atom is 0.337 e. The van der Waals surface area contributed by atoms with Crippen LogP contribution >= 0.6 is 0 Å². The van der Waals surface area contributed by atoms with Crippen molar-refractivity contribution in [2.24, 2.45) is 0 Å². The van der Waals surface area contributed by atoms with Gasteiger partial charge in [0.25, 0.3) is 0 Å². The SMILES string of the molecule is C#CC[N+]1=C(CC)OCC1.[I-]. The second kappa shape index (κ2) is 5.42. The van der Waals surface area contributed by atoms with Crippen molar-refractivity contribution in [3.8, 4) is 12.3 Å². The molecule has 62 valence electrons. The smallest absolute Gasteiger partial charge is 0.337 e. The van der Waals surface area contributed by atoms with E-state index in [9.17, 15) is 0 Å². The van der Waals surface area contributed by atoms with Crippen molar-refractivity contribution in [3.63, 3.8) is 0 Å². The van der Waals surface area contributed by atoms with Crippen LogP contribution in [0.25, 0.3) is 0 Å². The first kappa shape index (κ1) is 10.8. The quantitative estimate of drug-likeness (QED) is 0.305. The first-order valence-electron chi connectivity index (χ1n) is 3.55. The number of hydrogen-bond donors (Lipinski definition) is 0. The van der Waals surface area contributed by atoms with Crippen LogP contribution in [0.3, 0.4) is 0 Å². The minimum atomic E-state index is 0. The van der Waals surface area contributed by atoms with Gasteiger partial charge in [-0.05, 0) is 5.92 Å². The summed E-state index contributed by atoms with van der Waals surface area (Å²) in [7, 11) is 0. The summed E-state index contributed by atoms with van der Waals surface area (Å²) < 4.78 is 7.41. The molecule has 1 heterocycles. The summed E-state index contributed by atoms with van der Waals surface area (Å²) in [6.45, 7) is 4.51. The molecule has 1 aliphatic heterocycles. The molecule has 11 heavy (non-hydrogen) atoms. The Balaban J connectivity index is 0.000001000. The Morgan fingerprint density at radius 3 is 3.00 bits per heavy atom. The van der Waals surface area contributed by atoms with E-state index in [-0.39, 0.29) is 24.0 Å². The Morgan fingerprint density at radius 1 is 1.73 bits per heavy atom. The summed E-state index contributed by atoms with van der Waals surface area (Å²) in [6.07, 6.45) is 6.11. The van der Waals surface area contributed by atoms with Crippen molar-refractivity contribution in [2.75, 3.05) is 19.7 Å². The lowest BCUT2D eigenvalue weighted by Gasteiger charge is -1.91. The molecule has 0 aromatic heterocycles. The van der Waals surface area contributed by atoms with E-state index >= 15 is 0 Å². The number of nitrogens with zero attached hydrogens (tertiary/aromatic N) is 1. The monoisotopic (exact) mass is 265 g/mol. The molecule has 0 bridgehead atoms. The van der Waals surface area contributed by atoms with Crippen LogP contribution in [0.15, 0.2) is 0 Å². The van der Waals surface area contributed by atoms with Crippen molar-refractivity contribution < 1.29 is 33.3 Å². The normalized spacial score (nSPS) is 15.3. The molecule has 1 aliphatic rings. The molecule has 0 atom stereocenters. The van der Waals surface area contributed by atoms with Crippen molar-refractivity contribution in [2.45, 2.75) is 13.3 Å². The van der Waals surface area contributed by atoms with E-state index in [1.54, 1.807) is 0 Å². The third-order valence-electron chi connectivity index (χ3n) is 1.57. The zero-order valence-corrected chi connectivity index (χ0v) is 8.80. The molecule has 0 aromatic rings. The van der Waals surface area contributed by atoms with Gasteiger partial charge in [0.2, 0.25) is 6.54 Å². The summed E-state index contributed by atoms with van der Waals surface area (Å²) in [5, 5.41) is 0. The third-order valence-corrected chi connectivity index (χ3v) is 1.57. The summed E-state index contributed by atoms with van der Waals surface area (Å²) in [5.74, 6) is 3.64. The predicted octanol–water partition coefficient (Wildman–Crippen LogP) is -2.53. The maximum atomic E-state index is 5.31. The second-order valence-electron chi connectivity index (χ2n) is 2.22. The van der Waals surface area contributed by atoms with Crippen LogP contribution in [0.1, 0.15) is 13.3 Å². The zero-order valence-electron chi connectivity index (χ0n) is 6.64. The van der Waals surface area contributed by atoms with Crippen molar-refractivity contribution in [3.05, 3.63) is 0 Å². The molecule has 1 rings (SSSR count). The minimum Gasteiger partial charge on any atom is -1.00 e. The number of halogens is 1. The third kappa shape index (κ3) is 2.70. The highest BCUT2D eigenvalue weighted by molar-refractivity contribution is 5.71. The minimum absolute atomic E-state index is 0. The lowest BCUT2D eigenvalue weighted by atomic mass is 10.4. The van der Waals surface area contributed by atoms with Gasteiger partial charge in [-0.1, -0.05) is 6.92 Å². The van der Waals surface area contributed by atoms with Crippen molar-refractivity contribution in [1.29, 1.82) is 0 Å². The Hall–Kier alpha value is -0.240. The average molecular weight is 265 g/mol. The van der Waals surface area contributed by atoms with Gasteiger partial charge in [-0.3, -0.25) is 0 Å². The van der Waals surface area contributed by atoms with Gasteiger partial charge < -0.3 is 28.7 Å². The Kier molecular flexibility index (Phi) is 5.30. The number of rotatable bonds is 2. The lowest BCUT2D eigenvalue weighted by Crippen LogP contribution is -3.00. The van der Waals surface area contributed by atoms with Gasteiger partial charge in [0.05, 0.1) is 6.42 Å². The molecule has 2 nitrogen and oxygen atoms in total. The van der Waals surface area contributed by atoms with Crippen LogP contribution in [0.5, 0.6) is 0 Å². The lowest BCUT2D eigenvalue weighted by molar-refractivity contribution is -0.506. The van der Waals surface area contributed by atoms with Crippen molar-refractivity contribution >= 4 is 5.90 Å². The summed E-state index contributed by atoms with van der Waals surface area (Å²) >= 11 is 0. The average Bonchev–Trinajstić information content (AvgIpc) is 2.36. The van der Waals surface area contributed by atoms with Gasteiger partial charge in [0.1, 0.15) is 0 Å². The molecule has 0 spiro atoms. The van der Waals surface area contributed by atoms with Crippen LogP contribution in [0, 0.1) is 12.3 Å². The molecule has 0 saturated carbocycles. The van der Waals surface area contributed by atoms with Crippen LogP contribution in [0.4, 0.5) is 0 Å². The van der Waals surface area contributed by atoms with Gasteiger partial charge >= 0.3 is 5.90 Å². The molecular weight excluding hydrogens is 253 g/mol. The molecule has 0 unspecified atom stereocenters. The molecule has 3 heteroatoms. The first-order chi connectivity index (χ1) is 4.88. The van der Waals surface area contributed by atoms with Crippen LogP contribution in [0.2, 0.25) is 0 Å². The highest BCUT2D eigenvalue weighted by Gasteiger charge is 2.20. The fraction of sp³-hybridized carbons (Fsp3) is 0.625. The molecule has 0 aliphatic carbocycles. The Morgan fingerprint density at radius 2 is 2.45 bits per heavy atom. The van der Waals surface area contributed by atoms with E-state index in [1.807, 2.05) is 0 Å². The fourth-order valence-electron chi connectivity index (χ4n) is 1.09. The van der Waals surface area contributed by atoms with Gasteiger partial charge in [0.15, 0.2) is 13.2 Å². The molecule has 0 aromatic carbocycles. The second-order valence-corrected chi connectivity index (χ2v) is 2.22. The Labute approximate surface area is 84.6 Å². The molecule has 0 amide bonds. The summed E-state index contributed by atoms with van der Waals surface area (Å²) in [5.41, 5.74) is 0. The van der Waals surface area contributed by atoms with Gasteiger partial charge in [-0.25, -0.2) is 0 Å². The van der Waals surface area contributed by atoms with Gasteiger partial charge in [-0.15, -0.1) is 6.42 Å². The van der Waals surface area contributed by atoms with Crippen LogP contribution in [-0.2, 0) is 4.74 Å². The van der Waals surface area contributed by atoms with E-state index in [1.165, 1.54) is 0 Å². The molecular formula is C8H12INO. The maximum absolute atomic E-state index is 5.31. The van der Waals surface area contributed by atoms with E-state index in [4.69, 9.17) is 11.2 Å². The topological polar surface area (TPSA) is 12.2 Å². The van der Waals surface area contributed by atoms with Crippen molar-refractivity contribution in [1.82, 2.24) is 0 Å². The largest absolute Gasteiger partial charge is 1.00 e. The molecule has 0 N–H and O–H groups in total. The highest BCUT2D eigenvalue weighted by Crippen LogP contribution is 1.97. The van der Waals surface area contributed by atoms with E-state index in [0.717, 1.165) is 25.5 Å². The molecule has 0 saturated heterocycles. The van der Waals surface area contributed by atoms with E-state index in [2.05, 4.69) is 17.4 Å². The van der Waals surface area contributed by atoms with Gasteiger partial charge in [-0.2, -0.15) is 4.58 Å². The van der Waals surface area contributed by atoms with E-state index < -0.39 is 0 Å². The Bertz CT molecular complexity index is 193. The standard InChI is InChI=1S/C8H12NO.HI/c1-3-5-9-6-7-10-8(9)4-2;/h1H,4-7H2,2H3;1H/q+1;/p-1. The zero-order chi connectivity index (χ0) is 7.40. The van der Waals surface area contributed by atoms with Crippen LogP contribution < -0.4 is 24.0 Å². The number of terminal acetylenes is 1. The summed E-state index contributed by atoms with van der Waals surface area (Å²) in [6, 6.07) is 0. The molecule has 0 fully saturated rings. The number of hydrogen-bond acceptors (Lipinski definition) is 1. The van der Waals surface area contributed by atoms with E-state index in [0.29, 0.717) is 6.54 Å². The highest BCUT2D eigenvalue weighted by atomic mass is 127. The fourth-order valence-corrected chi connectivity index (χ4v) is 1.09. The molecule has 0 radical (unpaired) electrons.